The predicted octanol–water partition coefficient (Wildman–Crippen LogP) is 3.78. The molecule has 1 aromatic rings. The molecule has 1 unspecified atom stereocenters. The van der Waals surface area contributed by atoms with E-state index in [1.807, 2.05) is 11.4 Å². The van der Waals surface area contributed by atoms with Gasteiger partial charge in [-0.15, -0.1) is 11.3 Å². The topological polar surface area (TPSA) is 12.0 Å². The highest BCUT2D eigenvalue weighted by atomic mass is 35.5. The fraction of sp³-hybridized carbons (Fsp3) is 0.636. The summed E-state index contributed by atoms with van der Waals surface area (Å²) in [4.78, 5) is 1.33. The molecule has 2 heterocycles. The zero-order valence-electron chi connectivity index (χ0n) is 8.88. The van der Waals surface area contributed by atoms with E-state index in [4.69, 9.17) is 11.6 Å². The van der Waals surface area contributed by atoms with Gasteiger partial charge in [-0.1, -0.05) is 11.6 Å². The molecule has 0 amide bonds. The van der Waals surface area contributed by atoms with E-state index in [-0.39, 0.29) is 0 Å². The first-order valence-corrected chi connectivity index (χ1v) is 7.50. The second kappa shape index (κ2) is 5.09. The van der Waals surface area contributed by atoms with Crippen LogP contribution in [0.5, 0.6) is 0 Å². The molecule has 4 heteroatoms. The molecule has 0 spiro atoms. The second-order valence-electron chi connectivity index (χ2n) is 4.24. The third kappa shape index (κ3) is 3.38. The number of hydrogen-bond donors (Lipinski definition) is 1. The summed E-state index contributed by atoms with van der Waals surface area (Å²) >= 11 is 9.70. The Labute approximate surface area is 105 Å². The number of nitrogens with one attached hydrogen (secondary N) is 1. The van der Waals surface area contributed by atoms with Crippen LogP contribution in [-0.2, 0) is 6.54 Å². The minimum atomic E-state index is 0.459. The quantitative estimate of drug-likeness (QED) is 0.885. The summed E-state index contributed by atoms with van der Waals surface area (Å²) in [6, 6.07) is 2.04. The van der Waals surface area contributed by atoms with E-state index >= 15 is 0 Å². The average Bonchev–Trinajstić information content (AvgIpc) is 2.76. The van der Waals surface area contributed by atoms with E-state index < -0.39 is 0 Å². The van der Waals surface area contributed by atoms with Crippen LogP contribution in [0.25, 0.3) is 0 Å². The smallest absolute Gasteiger partial charge is 0.0516 e. The molecule has 1 N–H and O–H groups in total. The Morgan fingerprint density at radius 1 is 1.60 bits per heavy atom. The van der Waals surface area contributed by atoms with Crippen LogP contribution in [0.2, 0.25) is 5.02 Å². The second-order valence-corrected chi connectivity index (χ2v) is 7.35. The van der Waals surface area contributed by atoms with Gasteiger partial charge in [0, 0.05) is 28.1 Å². The summed E-state index contributed by atoms with van der Waals surface area (Å²) in [7, 11) is 0. The molecule has 2 rings (SSSR count). The van der Waals surface area contributed by atoms with Crippen LogP contribution in [0.15, 0.2) is 11.4 Å². The van der Waals surface area contributed by atoms with E-state index in [9.17, 15) is 0 Å². The molecule has 0 saturated carbocycles. The summed E-state index contributed by atoms with van der Waals surface area (Å²) in [5, 5.41) is 6.38. The number of thiophene rings is 1. The number of thioether (sulfide) groups is 1. The van der Waals surface area contributed by atoms with Crippen molar-refractivity contribution in [2.45, 2.75) is 31.1 Å². The first kappa shape index (κ1) is 11.8. The number of halogens is 1. The molecule has 0 aliphatic carbocycles. The Hall–Kier alpha value is 0.300. The summed E-state index contributed by atoms with van der Waals surface area (Å²) in [6.45, 7) is 4.42. The van der Waals surface area contributed by atoms with Gasteiger partial charge in [0.05, 0.1) is 5.02 Å². The molecule has 1 fully saturated rings. The van der Waals surface area contributed by atoms with Gasteiger partial charge in [-0.25, -0.2) is 0 Å². The van der Waals surface area contributed by atoms with Gasteiger partial charge in [0.2, 0.25) is 0 Å². The predicted molar refractivity (Wildman–Crippen MR) is 71.1 cm³/mol. The van der Waals surface area contributed by atoms with Crippen molar-refractivity contribution in [2.75, 3.05) is 12.3 Å². The lowest BCUT2D eigenvalue weighted by atomic mass is 10.1. The molecule has 1 atom stereocenters. The molecule has 0 radical (unpaired) electrons. The summed E-state index contributed by atoms with van der Waals surface area (Å²) < 4.78 is 0.459. The lowest BCUT2D eigenvalue weighted by Gasteiger charge is -2.22. The number of rotatable bonds is 4. The van der Waals surface area contributed by atoms with Gasteiger partial charge < -0.3 is 5.32 Å². The van der Waals surface area contributed by atoms with E-state index in [2.05, 4.69) is 24.0 Å². The zero-order chi connectivity index (χ0) is 10.7. The Bertz CT molecular complexity index is 318. The molecular weight excluding hydrogens is 246 g/mol. The largest absolute Gasteiger partial charge is 0.310 e. The van der Waals surface area contributed by atoms with E-state index in [0.29, 0.717) is 4.75 Å². The highest BCUT2D eigenvalue weighted by Crippen LogP contribution is 2.37. The maximum Gasteiger partial charge on any atom is 0.0516 e. The van der Waals surface area contributed by atoms with Crippen LogP contribution in [-0.4, -0.2) is 17.0 Å². The van der Waals surface area contributed by atoms with E-state index in [0.717, 1.165) is 18.1 Å². The van der Waals surface area contributed by atoms with E-state index in [1.165, 1.54) is 23.5 Å². The Kier molecular flexibility index (Phi) is 3.99. The number of hydrogen-bond acceptors (Lipinski definition) is 3. The fourth-order valence-electron chi connectivity index (χ4n) is 1.87. The minimum absolute atomic E-state index is 0.459. The van der Waals surface area contributed by atoms with Gasteiger partial charge in [0.25, 0.3) is 0 Å². The fourth-order valence-corrected chi connectivity index (χ4v) is 4.19. The summed E-state index contributed by atoms with van der Waals surface area (Å²) in [5.41, 5.74) is 0. The van der Waals surface area contributed by atoms with Gasteiger partial charge >= 0.3 is 0 Å². The van der Waals surface area contributed by atoms with Crippen molar-refractivity contribution in [3.8, 4) is 0 Å². The Morgan fingerprint density at radius 2 is 2.47 bits per heavy atom. The van der Waals surface area contributed by atoms with Crippen LogP contribution in [0.3, 0.4) is 0 Å². The molecule has 0 aromatic carbocycles. The molecule has 84 valence electrons. The third-order valence-corrected chi connectivity index (χ3v) is 5.54. The van der Waals surface area contributed by atoms with Crippen molar-refractivity contribution in [1.82, 2.24) is 5.32 Å². The van der Waals surface area contributed by atoms with Gasteiger partial charge in [0.1, 0.15) is 0 Å². The van der Waals surface area contributed by atoms with Crippen LogP contribution < -0.4 is 5.32 Å². The average molecular weight is 262 g/mol. The van der Waals surface area contributed by atoms with Crippen LogP contribution in [0, 0.1) is 0 Å². The van der Waals surface area contributed by atoms with Crippen molar-refractivity contribution in [3.05, 3.63) is 21.3 Å². The van der Waals surface area contributed by atoms with Gasteiger partial charge in [-0.05, 0) is 31.6 Å². The molecule has 15 heavy (non-hydrogen) atoms. The first-order valence-electron chi connectivity index (χ1n) is 5.26. The molecule has 1 nitrogen and oxygen atoms in total. The lowest BCUT2D eigenvalue weighted by molar-refractivity contribution is 0.539. The lowest BCUT2D eigenvalue weighted by Crippen LogP contribution is -2.32. The SMILES string of the molecule is CC1(CNCc2cc(Cl)cs2)CCCS1. The third-order valence-electron chi connectivity index (χ3n) is 2.72. The first-order chi connectivity index (χ1) is 7.18. The zero-order valence-corrected chi connectivity index (χ0v) is 11.3. The maximum atomic E-state index is 5.87. The van der Waals surface area contributed by atoms with Gasteiger partial charge in [-0.3, -0.25) is 0 Å². The molecule has 1 aliphatic rings. The molecule has 0 bridgehead atoms. The van der Waals surface area contributed by atoms with Crippen molar-refractivity contribution in [2.24, 2.45) is 0 Å². The van der Waals surface area contributed by atoms with Crippen LogP contribution in [0.4, 0.5) is 0 Å². The van der Waals surface area contributed by atoms with Crippen LogP contribution >= 0.6 is 34.7 Å². The Morgan fingerprint density at radius 3 is 3.07 bits per heavy atom. The molecular formula is C11H16ClNS2. The van der Waals surface area contributed by atoms with Crippen molar-refractivity contribution < 1.29 is 0 Å². The standard InChI is InChI=1S/C11H16ClNS2/c1-11(3-2-4-15-11)8-13-6-10-5-9(12)7-14-10/h5,7,13H,2-4,6,8H2,1H3. The normalized spacial score (nSPS) is 26.0. The van der Waals surface area contributed by atoms with Crippen molar-refractivity contribution >= 4 is 34.7 Å². The maximum absolute atomic E-state index is 5.87. The Balaban J connectivity index is 1.75. The van der Waals surface area contributed by atoms with E-state index in [1.54, 1.807) is 11.3 Å². The molecule has 1 aromatic heterocycles. The van der Waals surface area contributed by atoms with Gasteiger partial charge in [-0.2, -0.15) is 11.8 Å². The molecule has 1 aliphatic heterocycles. The van der Waals surface area contributed by atoms with Crippen LogP contribution in [0.1, 0.15) is 24.6 Å². The van der Waals surface area contributed by atoms with Crippen molar-refractivity contribution in [1.29, 1.82) is 0 Å². The minimum Gasteiger partial charge on any atom is -0.310 e. The molecule has 1 saturated heterocycles. The monoisotopic (exact) mass is 261 g/mol. The highest BCUT2D eigenvalue weighted by Gasteiger charge is 2.28. The summed E-state index contributed by atoms with van der Waals surface area (Å²) in [5.74, 6) is 1.32. The highest BCUT2D eigenvalue weighted by molar-refractivity contribution is 8.00. The van der Waals surface area contributed by atoms with Crippen molar-refractivity contribution in [3.63, 3.8) is 0 Å². The van der Waals surface area contributed by atoms with Gasteiger partial charge in [0.15, 0.2) is 0 Å². The summed E-state index contributed by atoms with van der Waals surface area (Å²) in [6.07, 6.45) is 2.71.